The summed E-state index contributed by atoms with van der Waals surface area (Å²) in [6.07, 6.45) is 0.252. The normalized spacial score (nSPS) is 17.8. The Morgan fingerprint density at radius 2 is 2.29 bits per heavy atom. The standard InChI is InChI=1S/C11H18O2S/c1-5-11(3,13-4)10(12)9-6-8(2)14-7-9/h6-7,10,12H,5H2,1-4H3. The van der Waals surface area contributed by atoms with Crippen molar-refractivity contribution in [3.8, 4) is 0 Å². The Morgan fingerprint density at radius 3 is 2.64 bits per heavy atom. The maximum Gasteiger partial charge on any atom is 0.108 e. The van der Waals surface area contributed by atoms with E-state index in [9.17, 15) is 5.11 Å². The quantitative estimate of drug-likeness (QED) is 0.835. The van der Waals surface area contributed by atoms with E-state index in [4.69, 9.17) is 4.74 Å². The molecule has 0 bridgehead atoms. The molecular weight excluding hydrogens is 196 g/mol. The molecule has 80 valence electrons. The van der Waals surface area contributed by atoms with E-state index in [1.165, 1.54) is 4.88 Å². The lowest BCUT2D eigenvalue weighted by Gasteiger charge is -2.31. The van der Waals surface area contributed by atoms with Crippen molar-refractivity contribution in [1.29, 1.82) is 0 Å². The second kappa shape index (κ2) is 4.43. The highest BCUT2D eigenvalue weighted by Gasteiger charge is 2.32. The van der Waals surface area contributed by atoms with Crippen LogP contribution in [0.5, 0.6) is 0 Å². The van der Waals surface area contributed by atoms with Crippen molar-refractivity contribution in [2.45, 2.75) is 38.9 Å². The van der Waals surface area contributed by atoms with E-state index >= 15 is 0 Å². The predicted octanol–water partition coefficient (Wildman–Crippen LogP) is 2.91. The maximum atomic E-state index is 10.1. The number of hydrogen-bond acceptors (Lipinski definition) is 3. The molecule has 0 aliphatic heterocycles. The Balaban J connectivity index is 2.88. The van der Waals surface area contributed by atoms with Crippen molar-refractivity contribution in [1.82, 2.24) is 0 Å². The molecule has 0 aliphatic carbocycles. The van der Waals surface area contributed by atoms with Crippen molar-refractivity contribution >= 4 is 11.3 Å². The van der Waals surface area contributed by atoms with Crippen LogP contribution < -0.4 is 0 Å². The second-order valence-corrected chi connectivity index (χ2v) is 4.88. The van der Waals surface area contributed by atoms with Crippen LogP contribution in [-0.2, 0) is 4.74 Å². The van der Waals surface area contributed by atoms with E-state index < -0.39 is 11.7 Å². The number of aryl methyl sites for hydroxylation is 1. The van der Waals surface area contributed by atoms with Gasteiger partial charge in [-0.05, 0) is 37.3 Å². The largest absolute Gasteiger partial charge is 0.385 e. The van der Waals surface area contributed by atoms with Gasteiger partial charge < -0.3 is 9.84 Å². The number of thiophene rings is 1. The lowest BCUT2D eigenvalue weighted by atomic mass is 9.91. The Kier molecular flexibility index (Phi) is 3.70. The van der Waals surface area contributed by atoms with Gasteiger partial charge in [-0.2, -0.15) is 0 Å². The number of methoxy groups -OCH3 is 1. The minimum absolute atomic E-state index is 0.479. The third-order valence-electron chi connectivity index (χ3n) is 2.81. The molecule has 0 saturated heterocycles. The first-order valence-corrected chi connectivity index (χ1v) is 5.69. The molecule has 1 heterocycles. The number of hydrogen-bond donors (Lipinski definition) is 1. The van der Waals surface area contributed by atoms with Crippen LogP contribution in [0.25, 0.3) is 0 Å². The van der Waals surface area contributed by atoms with Gasteiger partial charge in [0, 0.05) is 12.0 Å². The van der Waals surface area contributed by atoms with Crippen molar-refractivity contribution < 1.29 is 9.84 Å². The molecular formula is C11H18O2S. The topological polar surface area (TPSA) is 29.5 Å². The van der Waals surface area contributed by atoms with Gasteiger partial charge in [0.1, 0.15) is 6.10 Å². The van der Waals surface area contributed by atoms with Gasteiger partial charge in [-0.25, -0.2) is 0 Å². The number of rotatable bonds is 4. The molecule has 1 rings (SSSR count). The molecule has 1 N–H and O–H groups in total. The van der Waals surface area contributed by atoms with E-state index in [0.29, 0.717) is 0 Å². The first-order chi connectivity index (χ1) is 6.53. The van der Waals surface area contributed by atoms with Gasteiger partial charge in [0.2, 0.25) is 0 Å². The zero-order chi connectivity index (χ0) is 10.8. The van der Waals surface area contributed by atoms with Gasteiger partial charge >= 0.3 is 0 Å². The summed E-state index contributed by atoms with van der Waals surface area (Å²) in [6.45, 7) is 5.99. The summed E-state index contributed by atoms with van der Waals surface area (Å²) in [6, 6.07) is 2.02. The summed E-state index contributed by atoms with van der Waals surface area (Å²) in [4.78, 5) is 1.22. The highest BCUT2D eigenvalue weighted by Crippen LogP contribution is 2.33. The van der Waals surface area contributed by atoms with Crippen LogP contribution in [0.15, 0.2) is 11.4 Å². The Hall–Kier alpha value is -0.380. The predicted molar refractivity (Wildman–Crippen MR) is 59.7 cm³/mol. The highest BCUT2D eigenvalue weighted by atomic mass is 32.1. The first-order valence-electron chi connectivity index (χ1n) is 4.81. The van der Waals surface area contributed by atoms with Crippen molar-refractivity contribution in [3.05, 3.63) is 21.9 Å². The molecule has 0 amide bonds. The van der Waals surface area contributed by atoms with Gasteiger partial charge in [-0.15, -0.1) is 11.3 Å². The van der Waals surface area contributed by atoms with Crippen LogP contribution in [0.1, 0.15) is 36.8 Å². The summed E-state index contributed by atoms with van der Waals surface area (Å²) < 4.78 is 5.37. The monoisotopic (exact) mass is 214 g/mol. The molecule has 1 aromatic heterocycles. The molecule has 0 radical (unpaired) electrons. The molecule has 2 unspecified atom stereocenters. The van der Waals surface area contributed by atoms with Gasteiger partial charge in [0.15, 0.2) is 0 Å². The lowest BCUT2D eigenvalue weighted by Crippen LogP contribution is -2.34. The van der Waals surface area contributed by atoms with Gasteiger partial charge in [-0.1, -0.05) is 6.92 Å². The zero-order valence-corrected chi connectivity index (χ0v) is 10.0. The molecule has 0 saturated carbocycles. The zero-order valence-electron chi connectivity index (χ0n) is 9.20. The third-order valence-corrected chi connectivity index (χ3v) is 3.69. The van der Waals surface area contributed by atoms with E-state index in [1.54, 1.807) is 18.4 Å². The third kappa shape index (κ3) is 2.16. The average Bonchev–Trinajstić information content (AvgIpc) is 2.62. The molecule has 2 nitrogen and oxygen atoms in total. The van der Waals surface area contributed by atoms with E-state index in [2.05, 4.69) is 0 Å². The number of ether oxygens (including phenoxy) is 1. The van der Waals surface area contributed by atoms with E-state index in [-0.39, 0.29) is 0 Å². The fraction of sp³-hybridized carbons (Fsp3) is 0.636. The Labute approximate surface area is 89.5 Å². The molecule has 14 heavy (non-hydrogen) atoms. The first kappa shape index (κ1) is 11.7. The highest BCUT2D eigenvalue weighted by molar-refractivity contribution is 7.10. The molecule has 1 aromatic rings. The summed E-state index contributed by atoms with van der Waals surface area (Å²) in [5.41, 5.74) is 0.478. The molecule has 0 aliphatic rings. The fourth-order valence-electron chi connectivity index (χ4n) is 1.41. The van der Waals surface area contributed by atoms with Gasteiger partial charge in [0.05, 0.1) is 5.60 Å². The Bertz CT molecular complexity index is 289. The van der Waals surface area contributed by atoms with Crippen LogP contribution in [-0.4, -0.2) is 17.8 Å². The maximum absolute atomic E-state index is 10.1. The summed E-state index contributed by atoms with van der Waals surface area (Å²) >= 11 is 1.65. The van der Waals surface area contributed by atoms with Crippen LogP contribution in [0.3, 0.4) is 0 Å². The summed E-state index contributed by atoms with van der Waals surface area (Å²) in [7, 11) is 1.64. The SMILES string of the molecule is CCC(C)(OC)C(O)c1csc(C)c1. The lowest BCUT2D eigenvalue weighted by molar-refractivity contribution is -0.0942. The van der Waals surface area contributed by atoms with Crippen LogP contribution in [0.4, 0.5) is 0 Å². The van der Waals surface area contributed by atoms with Crippen molar-refractivity contribution in [3.63, 3.8) is 0 Å². The van der Waals surface area contributed by atoms with Gasteiger partial charge in [0.25, 0.3) is 0 Å². The van der Waals surface area contributed by atoms with E-state index in [1.807, 2.05) is 32.2 Å². The average molecular weight is 214 g/mol. The second-order valence-electron chi connectivity index (χ2n) is 3.76. The summed E-state index contributed by atoms with van der Waals surface area (Å²) in [5.74, 6) is 0. The molecule has 0 fully saturated rings. The molecule has 3 heteroatoms. The Morgan fingerprint density at radius 1 is 1.64 bits per heavy atom. The minimum atomic E-state index is -0.539. The van der Waals surface area contributed by atoms with Gasteiger partial charge in [-0.3, -0.25) is 0 Å². The number of aliphatic hydroxyl groups is 1. The van der Waals surface area contributed by atoms with E-state index in [0.717, 1.165) is 12.0 Å². The van der Waals surface area contributed by atoms with Crippen molar-refractivity contribution in [2.75, 3.05) is 7.11 Å². The fourth-order valence-corrected chi connectivity index (χ4v) is 2.13. The van der Waals surface area contributed by atoms with Crippen LogP contribution in [0.2, 0.25) is 0 Å². The van der Waals surface area contributed by atoms with Crippen molar-refractivity contribution in [2.24, 2.45) is 0 Å². The number of aliphatic hydroxyl groups excluding tert-OH is 1. The molecule has 0 aromatic carbocycles. The summed E-state index contributed by atoms with van der Waals surface area (Å²) in [5, 5.41) is 12.1. The smallest absolute Gasteiger partial charge is 0.108 e. The molecule has 0 spiro atoms. The van der Waals surface area contributed by atoms with Crippen LogP contribution in [0, 0.1) is 6.92 Å². The molecule has 2 atom stereocenters. The van der Waals surface area contributed by atoms with Crippen LogP contribution >= 0.6 is 11.3 Å². The minimum Gasteiger partial charge on any atom is -0.385 e.